The molecule has 3 aromatic carbocycles. The first-order chi connectivity index (χ1) is 16.1. The predicted octanol–water partition coefficient (Wildman–Crippen LogP) is 5.91. The van der Waals surface area contributed by atoms with Crippen LogP contribution in [0, 0.1) is 10.5 Å². The normalized spacial score (nSPS) is 10.7. The fraction of sp³-hybridized carbons (Fsp3) is 0.160. The molecule has 0 radical (unpaired) electrons. The van der Waals surface area contributed by atoms with Crippen LogP contribution in [0.3, 0.4) is 0 Å². The highest BCUT2D eigenvalue weighted by Crippen LogP contribution is 2.24. The number of amides is 1. The molecule has 0 aliphatic rings. The molecular formula is C25H24IN5OS. The van der Waals surface area contributed by atoms with Gasteiger partial charge in [0.2, 0.25) is 5.91 Å². The van der Waals surface area contributed by atoms with E-state index in [1.807, 2.05) is 78.2 Å². The molecule has 0 saturated carbocycles. The lowest BCUT2D eigenvalue weighted by molar-refractivity contribution is -0.115. The molecule has 0 spiro atoms. The monoisotopic (exact) mass is 569 g/mol. The number of carbonyl (C=O) groups is 1. The van der Waals surface area contributed by atoms with Crippen LogP contribution in [-0.2, 0) is 11.3 Å². The van der Waals surface area contributed by atoms with Crippen molar-refractivity contribution in [3.8, 4) is 5.69 Å². The molecular weight excluding hydrogens is 545 g/mol. The number of thioether (sulfide) groups is 1. The van der Waals surface area contributed by atoms with E-state index in [2.05, 4.69) is 55.6 Å². The Morgan fingerprint density at radius 1 is 0.970 bits per heavy atom. The van der Waals surface area contributed by atoms with Crippen LogP contribution >= 0.6 is 34.4 Å². The highest BCUT2D eigenvalue weighted by molar-refractivity contribution is 14.1. The second-order valence-electron chi connectivity index (χ2n) is 7.45. The Hall–Kier alpha value is -2.85. The first kappa shape index (κ1) is 23.3. The first-order valence-corrected chi connectivity index (χ1v) is 12.6. The van der Waals surface area contributed by atoms with Crippen LogP contribution in [0.25, 0.3) is 5.69 Å². The van der Waals surface area contributed by atoms with Gasteiger partial charge in [-0.15, -0.1) is 10.2 Å². The summed E-state index contributed by atoms with van der Waals surface area (Å²) in [5.74, 6) is 1.40. The minimum atomic E-state index is -0.0144. The number of halogens is 1. The minimum Gasteiger partial charge on any atom is -0.378 e. The maximum absolute atomic E-state index is 12.4. The Morgan fingerprint density at radius 2 is 1.76 bits per heavy atom. The Labute approximate surface area is 211 Å². The van der Waals surface area contributed by atoms with Crippen LogP contribution in [0.2, 0.25) is 0 Å². The number of benzene rings is 3. The summed E-state index contributed by atoms with van der Waals surface area (Å²) in [6.07, 6.45) is 0.385. The zero-order valence-corrected chi connectivity index (χ0v) is 21.1. The molecule has 0 saturated heterocycles. The van der Waals surface area contributed by atoms with Crippen molar-refractivity contribution >= 4 is 51.6 Å². The van der Waals surface area contributed by atoms with E-state index in [4.69, 9.17) is 0 Å². The van der Waals surface area contributed by atoms with Crippen molar-refractivity contribution in [1.29, 1.82) is 0 Å². The second-order valence-corrected chi connectivity index (χ2v) is 9.75. The molecule has 168 valence electrons. The summed E-state index contributed by atoms with van der Waals surface area (Å²) >= 11 is 3.82. The molecule has 1 aromatic heterocycles. The number of nitrogens with one attached hydrogen (secondary N) is 2. The van der Waals surface area contributed by atoms with E-state index in [0.29, 0.717) is 18.7 Å². The summed E-state index contributed by atoms with van der Waals surface area (Å²) in [6.45, 7) is 2.55. The maximum atomic E-state index is 12.4. The molecule has 0 unspecified atom stereocenters. The fourth-order valence-electron chi connectivity index (χ4n) is 3.27. The summed E-state index contributed by atoms with van der Waals surface area (Å²) in [5, 5.41) is 16.0. The molecule has 33 heavy (non-hydrogen) atoms. The number of anilines is 2. The second kappa shape index (κ2) is 11.3. The fourth-order valence-corrected chi connectivity index (χ4v) is 4.54. The Bertz CT molecular complexity index is 1210. The van der Waals surface area contributed by atoms with Gasteiger partial charge in [0.25, 0.3) is 0 Å². The Morgan fingerprint density at radius 3 is 2.52 bits per heavy atom. The molecule has 0 bridgehead atoms. The Kier molecular flexibility index (Phi) is 8.01. The van der Waals surface area contributed by atoms with Crippen LogP contribution < -0.4 is 10.6 Å². The minimum absolute atomic E-state index is 0.0144. The van der Waals surface area contributed by atoms with Gasteiger partial charge in [-0.2, -0.15) is 0 Å². The average molecular weight is 569 g/mol. The van der Waals surface area contributed by atoms with Gasteiger partial charge in [-0.1, -0.05) is 42.1 Å². The van der Waals surface area contributed by atoms with Crippen LogP contribution in [0.1, 0.15) is 17.8 Å². The van der Waals surface area contributed by atoms with Crippen LogP contribution in [0.5, 0.6) is 0 Å². The quantitative estimate of drug-likeness (QED) is 0.194. The van der Waals surface area contributed by atoms with Crippen LogP contribution in [-0.4, -0.2) is 26.4 Å². The van der Waals surface area contributed by atoms with Crippen molar-refractivity contribution in [2.24, 2.45) is 0 Å². The lowest BCUT2D eigenvalue weighted by Crippen LogP contribution is -2.12. The summed E-state index contributed by atoms with van der Waals surface area (Å²) < 4.78 is 3.23. The number of carbonyl (C=O) groups excluding carboxylic acids is 1. The Balaban J connectivity index is 1.42. The maximum Gasteiger partial charge on any atom is 0.225 e. The SMILES string of the molecule is Cc1cccc(NC(=O)CCSc2nnc(CNc3ccc(I)cc3)n2-c2ccccc2)c1. The highest BCUT2D eigenvalue weighted by atomic mass is 127. The molecule has 0 fully saturated rings. The summed E-state index contributed by atoms with van der Waals surface area (Å²) in [4.78, 5) is 12.4. The van der Waals surface area contributed by atoms with Crippen molar-refractivity contribution in [2.45, 2.75) is 25.0 Å². The topological polar surface area (TPSA) is 71.8 Å². The molecule has 1 amide bonds. The first-order valence-electron chi connectivity index (χ1n) is 10.6. The average Bonchev–Trinajstić information content (AvgIpc) is 3.22. The number of aryl methyl sites for hydroxylation is 1. The standard InChI is InChI=1S/C25H24IN5OS/c1-18-6-5-7-21(16-18)28-24(32)14-15-33-25-30-29-23(31(25)22-8-3-2-4-9-22)17-27-20-12-10-19(26)11-13-20/h2-13,16,27H,14-15,17H2,1H3,(H,28,32). The molecule has 0 atom stereocenters. The number of hydrogen-bond acceptors (Lipinski definition) is 5. The van der Waals surface area contributed by atoms with Gasteiger partial charge >= 0.3 is 0 Å². The van der Waals surface area contributed by atoms with Crippen molar-refractivity contribution in [1.82, 2.24) is 14.8 Å². The highest BCUT2D eigenvalue weighted by Gasteiger charge is 2.15. The lowest BCUT2D eigenvalue weighted by Gasteiger charge is -2.11. The van der Waals surface area contributed by atoms with Crippen LogP contribution in [0.4, 0.5) is 11.4 Å². The molecule has 6 nitrogen and oxygen atoms in total. The van der Waals surface area contributed by atoms with Crippen molar-refractivity contribution in [3.05, 3.63) is 93.8 Å². The van der Waals surface area contributed by atoms with Gasteiger partial charge in [0, 0.05) is 32.8 Å². The molecule has 4 aromatic rings. The third kappa shape index (κ3) is 6.58. The van der Waals surface area contributed by atoms with E-state index < -0.39 is 0 Å². The third-order valence-electron chi connectivity index (χ3n) is 4.87. The number of rotatable bonds is 9. The van der Waals surface area contributed by atoms with Gasteiger partial charge in [-0.25, -0.2) is 0 Å². The van der Waals surface area contributed by atoms with Gasteiger partial charge < -0.3 is 10.6 Å². The zero-order valence-electron chi connectivity index (χ0n) is 18.2. The molecule has 8 heteroatoms. The largest absolute Gasteiger partial charge is 0.378 e. The summed E-state index contributed by atoms with van der Waals surface area (Å²) in [6, 6.07) is 26.1. The van der Waals surface area contributed by atoms with Crippen molar-refractivity contribution < 1.29 is 4.79 Å². The lowest BCUT2D eigenvalue weighted by atomic mass is 10.2. The van der Waals surface area contributed by atoms with Gasteiger partial charge in [-0.3, -0.25) is 9.36 Å². The number of para-hydroxylation sites is 1. The zero-order chi connectivity index (χ0) is 23.0. The number of nitrogens with zero attached hydrogens (tertiary/aromatic N) is 3. The predicted molar refractivity (Wildman–Crippen MR) is 143 cm³/mol. The van der Waals surface area contributed by atoms with E-state index in [1.165, 1.54) is 15.3 Å². The van der Waals surface area contributed by atoms with Gasteiger partial charge in [0.05, 0.1) is 6.54 Å². The van der Waals surface area contributed by atoms with Gasteiger partial charge in [0.15, 0.2) is 11.0 Å². The van der Waals surface area contributed by atoms with Crippen molar-refractivity contribution in [3.63, 3.8) is 0 Å². The summed E-state index contributed by atoms with van der Waals surface area (Å²) in [7, 11) is 0. The van der Waals surface area contributed by atoms with E-state index in [1.54, 1.807) is 0 Å². The van der Waals surface area contributed by atoms with Gasteiger partial charge in [0.1, 0.15) is 0 Å². The summed E-state index contributed by atoms with van der Waals surface area (Å²) in [5.41, 5.74) is 3.96. The number of hydrogen-bond donors (Lipinski definition) is 2. The van der Waals surface area contributed by atoms with Crippen LogP contribution in [0.15, 0.2) is 84.0 Å². The molecule has 0 aliphatic carbocycles. The molecule has 0 aliphatic heterocycles. The van der Waals surface area contributed by atoms with E-state index in [9.17, 15) is 4.79 Å². The van der Waals surface area contributed by atoms with E-state index >= 15 is 0 Å². The van der Waals surface area contributed by atoms with E-state index in [-0.39, 0.29) is 5.91 Å². The molecule has 1 heterocycles. The number of aromatic nitrogens is 3. The molecule has 2 N–H and O–H groups in total. The molecule has 4 rings (SSSR count). The van der Waals surface area contributed by atoms with Gasteiger partial charge in [-0.05, 0) is 83.6 Å². The third-order valence-corrected chi connectivity index (χ3v) is 6.52. The van der Waals surface area contributed by atoms with Crippen molar-refractivity contribution in [2.75, 3.05) is 16.4 Å². The smallest absolute Gasteiger partial charge is 0.225 e. The van der Waals surface area contributed by atoms with E-state index in [0.717, 1.165) is 33.6 Å².